The monoisotopic (exact) mass is 455 g/mol. The van der Waals surface area contributed by atoms with Crippen molar-refractivity contribution in [1.29, 1.82) is 0 Å². The number of hydrogen-bond donors (Lipinski definition) is 2. The van der Waals surface area contributed by atoms with Gasteiger partial charge < -0.3 is 14.9 Å². The van der Waals surface area contributed by atoms with Gasteiger partial charge in [-0.3, -0.25) is 4.90 Å². The number of benzene rings is 1. The van der Waals surface area contributed by atoms with Crippen LogP contribution in [0.1, 0.15) is 58.1 Å². The van der Waals surface area contributed by atoms with Gasteiger partial charge in [0.1, 0.15) is 0 Å². The Morgan fingerprint density at radius 2 is 1.94 bits per heavy atom. The van der Waals surface area contributed by atoms with Crippen LogP contribution in [0.25, 0.3) is 0 Å². The minimum atomic E-state index is -0.522. The molecule has 4 nitrogen and oxygen atoms in total. The van der Waals surface area contributed by atoms with E-state index in [9.17, 15) is 10.2 Å². The third-order valence-corrected chi connectivity index (χ3v) is 7.35. The molecule has 0 radical (unpaired) electrons. The highest BCUT2D eigenvalue weighted by atomic mass is 16.5. The summed E-state index contributed by atoms with van der Waals surface area (Å²) in [5, 5.41) is 21.1. The first-order valence-electron chi connectivity index (χ1n) is 12.9. The summed E-state index contributed by atoms with van der Waals surface area (Å²) in [6.07, 6.45) is 8.94. The van der Waals surface area contributed by atoms with Gasteiger partial charge in [0.25, 0.3) is 0 Å². The molecular formula is C29H45NO3. The SMILES string of the molecule is Cc1cccc(C[C@@H](O)C=C[C@@H]2[C@H]3CC(COCCCN(C(C)C)C(C)C)=C[C@H]3C[C@H]2O)c1. The molecule has 0 unspecified atom stereocenters. The van der Waals surface area contributed by atoms with Gasteiger partial charge in [-0.05, 0) is 76.9 Å². The van der Waals surface area contributed by atoms with Crippen LogP contribution in [-0.2, 0) is 11.2 Å². The van der Waals surface area contributed by atoms with E-state index in [1.807, 2.05) is 12.1 Å². The molecule has 1 aromatic rings. The van der Waals surface area contributed by atoms with Crippen molar-refractivity contribution in [3.8, 4) is 0 Å². The Hall–Kier alpha value is -1.46. The van der Waals surface area contributed by atoms with Gasteiger partial charge in [-0.2, -0.15) is 0 Å². The molecule has 1 aromatic carbocycles. The molecule has 0 spiro atoms. The van der Waals surface area contributed by atoms with Gasteiger partial charge >= 0.3 is 0 Å². The van der Waals surface area contributed by atoms with E-state index in [1.165, 1.54) is 11.1 Å². The van der Waals surface area contributed by atoms with Crippen LogP contribution >= 0.6 is 0 Å². The summed E-state index contributed by atoms with van der Waals surface area (Å²) in [5.74, 6) is 0.972. The highest BCUT2D eigenvalue weighted by Crippen LogP contribution is 2.47. The van der Waals surface area contributed by atoms with E-state index in [1.54, 1.807) is 0 Å². The molecule has 184 valence electrons. The van der Waals surface area contributed by atoms with Crippen LogP contribution in [0.15, 0.2) is 48.1 Å². The fourth-order valence-electron chi connectivity index (χ4n) is 5.78. The number of aliphatic hydroxyl groups is 2. The summed E-state index contributed by atoms with van der Waals surface area (Å²) >= 11 is 0. The van der Waals surface area contributed by atoms with Crippen molar-refractivity contribution in [2.24, 2.45) is 17.8 Å². The van der Waals surface area contributed by atoms with Gasteiger partial charge in [-0.15, -0.1) is 0 Å². The normalized spacial score (nSPS) is 26.1. The van der Waals surface area contributed by atoms with Gasteiger partial charge in [-0.25, -0.2) is 0 Å². The quantitative estimate of drug-likeness (QED) is 0.347. The Balaban J connectivity index is 1.43. The Labute approximate surface area is 201 Å². The molecule has 0 saturated heterocycles. The zero-order chi connectivity index (χ0) is 24.0. The van der Waals surface area contributed by atoms with E-state index in [2.05, 4.69) is 69.9 Å². The number of rotatable bonds is 12. The van der Waals surface area contributed by atoms with E-state index in [4.69, 9.17) is 4.74 Å². The Morgan fingerprint density at radius 3 is 2.64 bits per heavy atom. The van der Waals surface area contributed by atoms with Gasteiger partial charge in [0, 0.05) is 37.6 Å². The molecule has 5 atom stereocenters. The fourth-order valence-corrected chi connectivity index (χ4v) is 5.78. The fraction of sp³-hybridized carbons (Fsp3) is 0.655. The van der Waals surface area contributed by atoms with Crippen LogP contribution in [0.4, 0.5) is 0 Å². The second-order valence-electron chi connectivity index (χ2n) is 10.7. The lowest BCUT2D eigenvalue weighted by Crippen LogP contribution is -2.38. The highest BCUT2D eigenvalue weighted by molar-refractivity contribution is 5.24. The summed E-state index contributed by atoms with van der Waals surface area (Å²) in [5.41, 5.74) is 3.73. The summed E-state index contributed by atoms with van der Waals surface area (Å²) in [7, 11) is 0. The molecule has 2 aliphatic carbocycles. The second kappa shape index (κ2) is 12.3. The first kappa shape index (κ1) is 26.2. The van der Waals surface area contributed by atoms with Gasteiger partial charge in [0.2, 0.25) is 0 Å². The maximum atomic E-state index is 10.6. The Bertz CT molecular complexity index is 792. The van der Waals surface area contributed by atoms with Crippen LogP contribution in [0.2, 0.25) is 0 Å². The Kier molecular flexibility index (Phi) is 9.75. The van der Waals surface area contributed by atoms with E-state index in [-0.39, 0.29) is 12.0 Å². The number of aliphatic hydroxyl groups excluding tert-OH is 2. The molecule has 2 N–H and O–H groups in total. The third-order valence-electron chi connectivity index (χ3n) is 7.35. The van der Waals surface area contributed by atoms with Crippen LogP contribution in [0, 0.1) is 24.7 Å². The largest absolute Gasteiger partial charge is 0.392 e. The number of allylic oxidation sites excluding steroid dienone is 1. The van der Waals surface area contributed by atoms with E-state index in [0.717, 1.165) is 38.0 Å². The van der Waals surface area contributed by atoms with Crippen molar-refractivity contribution >= 4 is 0 Å². The number of hydrogen-bond acceptors (Lipinski definition) is 4. The molecule has 33 heavy (non-hydrogen) atoms. The van der Waals surface area contributed by atoms with Crippen molar-refractivity contribution in [3.63, 3.8) is 0 Å². The average Bonchev–Trinajstić information content (AvgIpc) is 3.24. The lowest BCUT2D eigenvalue weighted by molar-refractivity contribution is 0.115. The lowest BCUT2D eigenvalue weighted by Gasteiger charge is -2.30. The first-order valence-corrected chi connectivity index (χ1v) is 12.9. The smallest absolute Gasteiger partial charge is 0.0761 e. The zero-order valence-electron chi connectivity index (χ0n) is 21.3. The van der Waals surface area contributed by atoms with E-state index < -0.39 is 6.10 Å². The lowest BCUT2D eigenvalue weighted by atomic mass is 9.89. The summed E-state index contributed by atoms with van der Waals surface area (Å²) in [6.45, 7) is 13.7. The molecule has 2 aliphatic rings. The molecule has 0 heterocycles. The van der Waals surface area contributed by atoms with E-state index in [0.29, 0.717) is 36.9 Å². The number of nitrogens with zero attached hydrogens (tertiary/aromatic N) is 1. The van der Waals surface area contributed by atoms with Crippen molar-refractivity contribution < 1.29 is 14.9 Å². The van der Waals surface area contributed by atoms with Gasteiger partial charge in [-0.1, -0.05) is 48.1 Å². The predicted octanol–water partition coefficient (Wildman–Crippen LogP) is 4.92. The molecular weight excluding hydrogens is 410 g/mol. The summed E-state index contributed by atoms with van der Waals surface area (Å²) < 4.78 is 6.01. The molecule has 3 rings (SSSR count). The topological polar surface area (TPSA) is 52.9 Å². The van der Waals surface area contributed by atoms with Crippen molar-refractivity contribution in [2.45, 2.75) is 84.6 Å². The number of aryl methyl sites for hydroxylation is 1. The van der Waals surface area contributed by atoms with Crippen molar-refractivity contribution in [2.75, 3.05) is 19.8 Å². The van der Waals surface area contributed by atoms with E-state index >= 15 is 0 Å². The minimum Gasteiger partial charge on any atom is -0.392 e. The number of ether oxygens (including phenoxy) is 1. The maximum Gasteiger partial charge on any atom is 0.0761 e. The van der Waals surface area contributed by atoms with Crippen LogP contribution in [0.5, 0.6) is 0 Å². The molecule has 1 saturated carbocycles. The summed E-state index contributed by atoms with van der Waals surface area (Å²) in [6, 6.07) is 9.41. The molecule has 0 amide bonds. The van der Waals surface area contributed by atoms with Crippen molar-refractivity contribution in [1.82, 2.24) is 4.90 Å². The van der Waals surface area contributed by atoms with Crippen molar-refractivity contribution in [3.05, 3.63) is 59.2 Å². The van der Waals surface area contributed by atoms with Gasteiger partial charge in [0.05, 0.1) is 18.8 Å². The van der Waals surface area contributed by atoms with Crippen LogP contribution in [0.3, 0.4) is 0 Å². The molecule has 0 aliphatic heterocycles. The Morgan fingerprint density at radius 1 is 1.18 bits per heavy atom. The maximum absolute atomic E-state index is 10.6. The molecule has 1 fully saturated rings. The third kappa shape index (κ3) is 7.51. The summed E-state index contributed by atoms with van der Waals surface area (Å²) in [4.78, 5) is 2.51. The van der Waals surface area contributed by atoms with Gasteiger partial charge in [0.15, 0.2) is 0 Å². The first-order chi connectivity index (χ1) is 15.7. The average molecular weight is 456 g/mol. The van der Waals surface area contributed by atoms with Crippen LogP contribution < -0.4 is 0 Å². The second-order valence-corrected chi connectivity index (χ2v) is 10.7. The number of fused-ring (bicyclic) bond motifs is 1. The molecule has 0 aromatic heterocycles. The zero-order valence-corrected chi connectivity index (χ0v) is 21.3. The molecule has 0 bridgehead atoms. The highest BCUT2D eigenvalue weighted by Gasteiger charge is 2.43. The predicted molar refractivity (Wildman–Crippen MR) is 136 cm³/mol. The molecule has 4 heteroatoms. The van der Waals surface area contributed by atoms with Crippen LogP contribution in [-0.4, -0.2) is 59.2 Å². The standard InChI is InChI=1S/C29H45NO3/c1-20(2)30(21(3)4)12-7-13-33-19-24-15-25-18-29(32)27(28(25)17-24)11-10-26(31)16-23-9-6-8-22(5)14-23/h6,8-11,14-15,20-21,25-29,31-32H,7,12-13,16-19H2,1-5H3/t25-,26-,27+,28-,29+/m0/s1. The minimum absolute atomic E-state index is 0.113.